The highest BCUT2D eigenvalue weighted by atomic mass is 16.3. The smallest absolute Gasteiger partial charge is 0.228 e. The van der Waals surface area contributed by atoms with E-state index >= 15 is 0 Å². The first-order chi connectivity index (χ1) is 6.98. The zero-order valence-electron chi connectivity index (χ0n) is 8.82. The lowest BCUT2D eigenvalue weighted by molar-refractivity contribution is -0.135. The van der Waals surface area contributed by atoms with Crippen LogP contribution in [0.5, 0.6) is 0 Å². The Bertz CT molecular complexity index is 301. The summed E-state index contributed by atoms with van der Waals surface area (Å²) in [6.45, 7) is 3.15. The highest BCUT2D eigenvalue weighted by Gasteiger charge is 2.38. The molecule has 84 valence electrons. The molecule has 2 unspecified atom stereocenters. The molecular formula is C10H16N2O3. The van der Waals surface area contributed by atoms with Crippen LogP contribution < -0.4 is 5.32 Å². The van der Waals surface area contributed by atoms with Crippen molar-refractivity contribution >= 4 is 11.8 Å². The van der Waals surface area contributed by atoms with Crippen LogP contribution >= 0.6 is 0 Å². The second-order valence-electron chi connectivity index (χ2n) is 4.71. The quantitative estimate of drug-likeness (QED) is 0.592. The van der Waals surface area contributed by atoms with E-state index in [1.54, 1.807) is 11.8 Å². The molecule has 2 rings (SSSR count). The summed E-state index contributed by atoms with van der Waals surface area (Å²) in [6, 6.07) is 0. The molecule has 0 aliphatic carbocycles. The summed E-state index contributed by atoms with van der Waals surface area (Å²) in [6.07, 6.45) is 0.907. The van der Waals surface area contributed by atoms with Gasteiger partial charge in [0.1, 0.15) is 0 Å². The van der Waals surface area contributed by atoms with Gasteiger partial charge in [0.2, 0.25) is 11.8 Å². The fourth-order valence-corrected chi connectivity index (χ4v) is 2.17. The third-order valence-electron chi connectivity index (χ3n) is 3.09. The van der Waals surface area contributed by atoms with E-state index < -0.39 is 5.60 Å². The number of hydrogen-bond donors (Lipinski definition) is 2. The van der Waals surface area contributed by atoms with Gasteiger partial charge >= 0.3 is 0 Å². The number of hydrogen-bond acceptors (Lipinski definition) is 3. The van der Waals surface area contributed by atoms with Gasteiger partial charge in [0.15, 0.2) is 0 Å². The number of aliphatic hydroxyl groups is 1. The fraction of sp³-hybridized carbons (Fsp3) is 0.800. The molecule has 2 aliphatic rings. The van der Waals surface area contributed by atoms with Crippen molar-refractivity contribution in [2.75, 3.05) is 19.6 Å². The molecule has 2 N–H and O–H groups in total. The van der Waals surface area contributed by atoms with E-state index in [0.717, 1.165) is 0 Å². The molecule has 0 aromatic heterocycles. The Morgan fingerprint density at radius 1 is 1.67 bits per heavy atom. The average Bonchev–Trinajstić information content (AvgIpc) is 2.71. The molecule has 2 heterocycles. The van der Waals surface area contributed by atoms with E-state index in [0.29, 0.717) is 26.1 Å². The average molecular weight is 212 g/mol. The van der Waals surface area contributed by atoms with Crippen molar-refractivity contribution < 1.29 is 14.7 Å². The predicted molar refractivity (Wildman–Crippen MR) is 52.9 cm³/mol. The molecule has 2 aliphatic heterocycles. The van der Waals surface area contributed by atoms with Crippen LogP contribution in [-0.4, -0.2) is 47.1 Å². The van der Waals surface area contributed by atoms with Gasteiger partial charge in [-0.25, -0.2) is 0 Å². The Morgan fingerprint density at radius 3 is 2.87 bits per heavy atom. The molecule has 2 saturated heterocycles. The molecule has 0 aromatic carbocycles. The van der Waals surface area contributed by atoms with Gasteiger partial charge in [0, 0.05) is 26.1 Å². The maximum atomic E-state index is 11.9. The van der Waals surface area contributed by atoms with Crippen LogP contribution in [0.4, 0.5) is 0 Å². The summed E-state index contributed by atoms with van der Waals surface area (Å²) >= 11 is 0. The van der Waals surface area contributed by atoms with Gasteiger partial charge in [-0.3, -0.25) is 9.59 Å². The first-order valence-electron chi connectivity index (χ1n) is 5.26. The highest BCUT2D eigenvalue weighted by molar-refractivity contribution is 5.89. The highest BCUT2D eigenvalue weighted by Crippen LogP contribution is 2.23. The standard InChI is InChI=1S/C10H16N2O3/c1-10(15)2-3-12(6-10)9(14)7-4-8(13)11-5-7/h7,15H,2-6H2,1H3,(H,11,13). The van der Waals surface area contributed by atoms with E-state index in [1.165, 1.54) is 0 Å². The molecule has 5 nitrogen and oxygen atoms in total. The zero-order valence-corrected chi connectivity index (χ0v) is 8.82. The van der Waals surface area contributed by atoms with E-state index in [1.807, 2.05) is 0 Å². The lowest BCUT2D eigenvalue weighted by Crippen LogP contribution is -2.38. The molecule has 0 bridgehead atoms. The Kier molecular flexibility index (Phi) is 2.42. The van der Waals surface area contributed by atoms with Gasteiger partial charge in [0.05, 0.1) is 11.5 Å². The van der Waals surface area contributed by atoms with Gasteiger partial charge in [-0.1, -0.05) is 0 Å². The van der Waals surface area contributed by atoms with Gasteiger partial charge in [-0.2, -0.15) is 0 Å². The maximum Gasteiger partial charge on any atom is 0.228 e. The second-order valence-corrected chi connectivity index (χ2v) is 4.71. The van der Waals surface area contributed by atoms with Crippen molar-refractivity contribution in [2.24, 2.45) is 5.92 Å². The number of β-amino-alcohol motifs (C(OH)–C–C–N with tert-alkyl or cyclic N) is 1. The molecule has 2 fully saturated rings. The van der Waals surface area contributed by atoms with E-state index in [-0.39, 0.29) is 24.2 Å². The largest absolute Gasteiger partial charge is 0.388 e. The summed E-state index contributed by atoms with van der Waals surface area (Å²) < 4.78 is 0. The maximum absolute atomic E-state index is 11.9. The summed E-state index contributed by atoms with van der Waals surface area (Å²) in [5.74, 6) is -0.295. The normalized spacial score (nSPS) is 35.7. The first kappa shape index (κ1) is 10.4. The van der Waals surface area contributed by atoms with Crippen molar-refractivity contribution in [3.05, 3.63) is 0 Å². The van der Waals surface area contributed by atoms with E-state index in [9.17, 15) is 14.7 Å². The molecule has 2 atom stereocenters. The molecule has 0 saturated carbocycles. The first-order valence-corrected chi connectivity index (χ1v) is 5.26. The second kappa shape index (κ2) is 3.48. The zero-order chi connectivity index (χ0) is 11.1. The third kappa shape index (κ3) is 2.12. The summed E-state index contributed by atoms with van der Waals surface area (Å²) in [5.41, 5.74) is -0.758. The van der Waals surface area contributed by atoms with Crippen molar-refractivity contribution in [1.29, 1.82) is 0 Å². The van der Waals surface area contributed by atoms with Crippen LogP contribution in [0.2, 0.25) is 0 Å². The number of nitrogens with one attached hydrogen (secondary N) is 1. The number of nitrogens with zero attached hydrogens (tertiary/aromatic N) is 1. The van der Waals surface area contributed by atoms with Crippen molar-refractivity contribution in [2.45, 2.75) is 25.4 Å². The SMILES string of the molecule is CC1(O)CCN(C(=O)C2CNC(=O)C2)C1. The van der Waals surface area contributed by atoms with Crippen LogP contribution in [0.15, 0.2) is 0 Å². The molecule has 5 heteroatoms. The topological polar surface area (TPSA) is 69.6 Å². The molecule has 15 heavy (non-hydrogen) atoms. The number of likely N-dealkylation sites (tertiary alicyclic amines) is 1. The van der Waals surface area contributed by atoms with Crippen molar-refractivity contribution in [3.63, 3.8) is 0 Å². The van der Waals surface area contributed by atoms with Crippen LogP contribution in [0.1, 0.15) is 19.8 Å². The fourth-order valence-electron chi connectivity index (χ4n) is 2.17. The minimum atomic E-state index is -0.758. The lowest BCUT2D eigenvalue weighted by Gasteiger charge is -2.21. The minimum absolute atomic E-state index is 0.00822. The minimum Gasteiger partial charge on any atom is -0.388 e. The summed E-state index contributed by atoms with van der Waals surface area (Å²) in [4.78, 5) is 24.5. The molecule has 0 radical (unpaired) electrons. The molecular weight excluding hydrogens is 196 g/mol. The van der Waals surface area contributed by atoms with Gasteiger partial charge in [-0.05, 0) is 13.3 Å². The van der Waals surface area contributed by atoms with Crippen LogP contribution in [0.25, 0.3) is 0 Å². The van der Waals surface area contributed by atoms with Crippen molar-refractivity contribution in [3.8, 4) is 0 Å². The van der Waals surface area contributed by atoms with Crippen LogP contribution in [0.3, 0.4) is 0 Å². The summed E-state index contributed by atoms with van der Waals surface area (Å²) in [7, 11) is 0. The Morgan fingerprint density at radius 2 is 2.40 bits per heavy atom. The van der Waals surface area contributed by atoms with Gasteiger partial charge < -0.3 is 15.3 Å². The molecule has 0 aromatic rings. The van der Waals surface area contributed by atoms with E-state index in [2.05, 4.69) is 5.32 Å². The van der Waals surface area contributed by atoms with Crippen LogP contribution in [-0.2, 0) is 9.59 Å². The molecule has 0 spiro atoms. The van der Waals surface area contributed by atoms with Gasteiger partial charge in [0.25, 0.3) is 0 Å². The third-order valence-corrected chi connectivity index (χ3v) is 3.09. The Labute approximate surface area is 88.4 Å². The Hall–Kier alpha value is -1.10. The number of carbonyl (C=O) groups excluding carboxylic acids is 2. The van der Waals surface area contributed by atoms with Crippen molar-refractivity contribution in [1.82, 2.24) is 10.2 Å². The lowest BCUT2D eigenvalue weighted by atomic mass is 10.1. The predicted octanol–water partition coefficient (Wildman–Crippen LogP) is -0.894. The van der Waals surface area contributed by atoms with Gasteiger partial charge in [-0.15, -0.1) is 0 Å². The van der Waals surface area contributed by atoms with E-state index in [4.69, 9.17) is 0 Å². The Balaban J connectivity index is 1.95. The van der Waals surface area contributed by atoms with Crippen LogP contribution in [0, 0.1) is 5.92 Å². The number of rotatable bonds is 1. The monoisotopic (exact) mass is 212 g/mol. The molecule has 2 amide bonds. The number of amides is 2. The number of carbonyl (C=O) groups is 2. The summed E-state index contributed by atoms with van der Waals surface area (Å²) in [5, 5.41) is 12.4.